The molecule has 0 atom stereocenters. The number of aromatic nitrogens is 2. The highest BCUT2D eigenvalue weighted by Crippen LogP contribution is 2.22. The largest absolute Gasteiger partial charge is 0.469 e. The summed E-state index contributed by atoms with van der Waals surface area (Å²) in [6, 6.07) is 1.74. The predicted molar refractivity (Wildman–Crippen MR) is 54.5 cm³/mol. The van der Waals surface area contributed by atoms with Crippen LogP contribution in [-0.4, -0.2) is 23.1 Å². The van der Waals surface area contributed by atoms with E-state index in [1.165, 1.54) is 0 Å². The molecule has 2 rings (SSSR count). The third-order valence-electron chi connectivity index (χ3n) is 2.15. The second-order valence-electron chi connectivity index (χ2n) is 3.26. The maximum atomic E-state index is 11.1. The highest BCUT2D eigenvalue weighted by atomic mass is 16.5. The summed E-state index contributed by atoms with van der Waals surface area (Å²) in [6.07, 6.45) is 1.66. The van der Waals surface area contributed by atoms with Gasteiger partial charge in [0, 0.05) is 7.05 Å². The maximum Gasteiger partial charge on any atom is 0.261 e. The molecule has 0 unspecified atom stereocenters. The van der Waals surface area contributed by atoms with Crippen molar-refractivity contribution in [3.63, 3.8) is 0 Å². The van der Waals surface area contributed by atoms with Crippen LogP contribution in [0.4, 0.5) is 0 Å². The van der Waals surface area contributed by atoms with Gasteiger partial charge in [-0.15, -0.1) is 0 Å². The molecule has 0 fully saturated rings. The van der Waals surface area contributed by atoms with Crippen LogP contribution in [0.25, 0.3) is 11.5 Å². The molecule has 0 aromatic carbocycles. The Kier molecular flexibility index (Phi) is 2.72. The summed E-state index contributed by atoms with van der Waals surface area (Å²) < 4.78 is 10.2. The zero-order chi connectivity index (χ0) is 11.5. The number of carbonyl (C=O) groups is 1. The summed E-state index contributed by atoms with van der Waals surface area (Å²) in [5.41, 5.74) is 0.746. The summed E-state index contributed by atoms with van der Waals surface area (Å²) in [5.74, 6) is 1.27. The SMILES string of the molecule is CNC(=O)Cc1noc(-c2ccoc2C)n1. The molecule has 6 heteroatoms. The lowest BCUT2D eigenvalue weighted by molar-refractivity contribution is -0.120. The minimum absolute atomic E-state index is 0.108. The lowest BCUT2D eigenvalue weighted by atomic mass is 10.2. The van der Waals surface area contributed by atoms with Gasteiger partial charge in [-0.2, -0.15) is 4.98 Å². The topological polar surface area (TPSA) is 81.2 Å². The van der Waals surface area contributed by atoms with Crippen LogP contribution < -0.4 is 5.32 Å². The van der Waals surface area contributed by atoms with Gasteiger partial charge in [-0.3, -0.25) is 4.79 Å². The quantitative estimate of drug-likeness (QED) is 0.833. The Balaban J connectivity index is 2.20. The fraction of sp³-hybridized carbons (Fsp3) is 0.300. The molecular formula is C10H11N3O3. The van der Waals surface area contributed by atoms with Crippen molar-refractivity contribution in [2.24, 2.45) is 0 Å². The van der Waals surface area contributed by atoms with E-state index in [-0.39, 0.29) is 12.3 Å². The van der Waals surface area contributed by atoms with Crippen molar-refractivity contribution in [3.05, 3.63) is 23.9 Å². The first-order valence-electron chi connectivity index (χ1n) is 4.78. The minimum Gasteiger partial charge on any atom is -0.469 e. The summed E-state index contributed by atoms with van der Waals surface area (Å²) in [4.78, 5) is 15.2. The smallest absolute Gasteiger partial charge is 0.261 e. The van der Waals surface area contributed by atoms with Gasteiger partial charge in [-0.05, 0) is 13.0 Å². The van der Waals surface area contributed by atoms with Crippen LogP contribution in [0.3, 0.4) is 0 Å². The standard InChI is InChI=1S/C10H11N3O3/c1-6-7(3-4-15-6)10-12-8(13-16-10)5-9(14)11-2/h3-4H,5H2,1-2H3,(H,11,14). The first-order chi connectivity index (χ1) is 7.70. The van der Waals surface area contributed by atoms with Gasteiger partial charge in [-0.1, -0.05) is 5.16 Å². The fourth-order valence-electron chi connectivity index (χ4n) is 1.27. The number of furan rings is 1. The van der Waals surface area contributed by atoms with Crippen LogP contribution in [0.2, 0.25) is 0 Å². The van der Waals surface area contributed by atoms with E-state index >= 15 is 0 Å². The Morgan fingerprint density at radius 2 is 2.38 bits per heavy atom. The third kappa shape index (κ3) is 1.95. The van der Waals surface area contributed by atoms with Gasteiger partial charge >= 0.3 is 0 Å². The van der Waals surface area contributed by atoms with Crippen molar-refractivity contribution < 1.29 is 13.7 Å². The molecule has 0 saturated heterocycles. The number of likely N-dealkylation sites (N-methyl/N-ethyl adjacent to an activating group) is 1. The van der Waals surface area contributed by atoms with Crippen LogP contribution in [0, 0.1) is 6.92 Å². The zero-order valence-electron chi connectivity index (χ0n) is 8.98. The molecule has 0 spiro atoms. The zero-order valence-corrected chi connectivity index (χ0v) is 8.98. The van der Waals surface area contributed by atoms with Gasteiger partial charge in [0.25, 0.3) is 5.89 Å². The van der Waals surface area contributed by atoms with E-state index in [1.54, 1.807) is 26.3 Å². The Morgan fingerprint density at radius 1 is 1.56 bits per heavy atom. The van der Waals surface area contributed by atoms with Crippen LogP contribution >= 0.6 is 0 Å². The average molecular weight is 221 g/mol. The second kappa shape index (κ2) is 4.18. The minimum atomic E-state index is -0.156. The van der Waals surface area contributed by atoms with Crippen LogP contribution in [0.1, 0.15) is 11.6 Å². The van der Waals surface area contributed by atoms with E-state index < -0.39 is 0 Å². The van der Waals surface area contributed by atoms with E-state index in [4.69, 9.17) is 8.94 Å². The molecular weight excluding hydrogens is 210 g/mol. The number of nitrogens with zero attached hydrogens (tertiary/aromatic N) is 2. The number of nitrogens with one attached hydrogen (secondary N) is 1. The van der Waals surface area contributed by atoms with Crippen molar-refractivity contribution in [2.75, 3.05) is 7.05 Å². The molecule has 6 nitrogen and oxygen atoms in total. The molecule has 0 radical (unpaired) electrons. The van der Waals surface area contributed by atoms with Gasteiger partial charge in [0.15, 0.2) is 5.82 Å². The number of hydrogen-bond acceptors (Lipinski definition) is 5. The lowest BCUT2D eigenvalue weighted by Gasteiger charge is -1.91. The molecule has 2 heterocycles. The molecule has 0 aliphatic carbocycles. The van der Waals surface area contributed by atoms with E-state index in [0.29, 0.717) is 17.5 Å². The molecule has 0 bridgehead atoms. The molecule has 2 aromatic heterocycles. The molecule has 84 valence electrons. The molecule has 1 amide bonds. The Hall–Kier alpha value is -2.11. The summed E-state index contributed by atoms with van der Waals surface area (Å²) in [6.45, 7) is 1.80. The monoisotopic (exact) mass is 221 g/mol. The summed E-state index contributed by atoms with van der Waals surface area (Å²) >= 11 is 0. The van der Waals surface area contributed by atoms with Crippen molar-refractivity contribution in [3.8, 4) is 11.5 Å². The third-order valence-corrected chi connectivity index (χ3v) is 2.15. The second-order valence-corrected chi connectivity index (χ2v) is 3.26. The average Bonchev–Trinajstić information content (AvgIpc) is 2.86. The first-order valence-corrected chi connectivity index (χ1v) is 4.78. The first kappa shape index (κ1) is 10.4. The lowest BCUT2D eigenvalue weighted by Crippen LogP contribution is -2.20. The van der Waals surface area contributed by atoms with E-state index in [9.17, 15) is 4.79 Å². The normalized spacial score (nSPS) is 10.4. The van der Waals surface area contributed by atoms with Crippen LogP contribution in [0.15, 0.2) is 21.3 Å². The molecule has 0 saturated carbocycles. The molecule has 2 aromatic rings. The molecule has 0 aliphatic rings. The highest BCUT2D eigenvalue weighted by molar-refractivity contribution is 5.77. The van der Waals surface area contributed by atoms with Gasteiger partial charge < -0.3 is 14.3 Å². The van der Waals surface area contributed by atoms with Crippen molar-refractivity contribution in [2.45, 2.75) is 13.3 Å². The molecule has 1 N–H and O–H groups in total. The molecule has 16 heavy (non-hydrogen) atoms. The van der Waals surface area contributed by atoms with Gasteiger partial charge in [0.1, 0.15) is 5.76 Å². The van der Waals surface area contributed by atoms with Crippen molar-refractivity contribution >= 4 is 5.91 Å². The number of amides is 1. The van der Waals surface area contributed by atoms with Crippen LogP contribution in [0.5, 0.6) is 0 Å². The Labute approximate surface area is 91.6 Å². The Morgan fingerprint density at radius 3 is 3.00 bits per heavy atom. The number of rotatable bonds is 3. The predicted octanol–water partition coefficient (Wildman–Crippen LogP) is 0.927. The summed E-state index contributed by atoms with van der Waals surface area (Å²) in [5, 5.41) is 6.20. The van der Waals surface area contributed by atoms with Crippen molar-refractivity contribution in [1.82, 2.24) is 15.5 Å². The van der Waals surface area contributed by atoms with E-state index in [1.807, 2.05) is 0 Å². The van der Waals surface area contributed by atoms with Gasteiger partial charge in [0.2, 0.25) is 5.91 Å². The summed E-state index contributed by atoms with van der Waals surface area (Å²) in [7, 11) is 1.56. The number of hydrogen-bond donors (Lipinski definition) is 1. The van der Waals surface area contributed by atoms with Crippen LogP contribution in [-0.2, 0) is 11.2 Å². The number of carbonyl (C=O) groups excluding carboxylic acids is 1. The Bertz CT molecular complexity index is 501. The van der Waals surface area contributed by atoms with E-state index in [2.05, 4.69) is 15.5 Å². The van der Waals surface area contributed by atoms with Crippen molar-refractivity contribution in [1.29, 1.82) is 0 Å². The molecule has 0 aliphatic heterocycles. The fourth-order valence-corrected chi connectivity index (χ4v) is 1.27. The van der Waals surface area contributed by atoms with E-state index in [0.717, 1.165) is 5.56 Å². The maximum absolute atomic E-state index is 11.1. The highest BCUT2D eigenvalue weighted by Gasteiger charge is 2.14. The van der Waals surface area contributed by atoms with Gasteiger partial charge in [-0.25, -0.2) is 0 Å². The van der Waals surface area contributed by atoms with Gasteiger partial charge in [0.05, 0.1) is 18.2 Å². The number of aryl methyl sites for hydroxylation is 1.